The Morgan fingerprint density at radius 3 is 2.50 bits per heavy atom. The van der Waals surface area contributed by atoms with Gasteiger partial charge in [0.05, 0.1) is 6.10 Å². The molecule has 2 aliphatic rings. The summed E-state index contributed by atoms with van der Waals surface area (Å²) in [6, 6.07) is 1.22. The van der Waals surface area contributed by atoms with Gasteiger partial charge >= 0.3 is 0 Å². The SMILES string of the molecule is CC1CCC(C(C)C)C(NC(C)C2CCCO2)C1. The third-order valence-electron chi connectivity index (χ3n) is 5.02. The fourth-order valence-corrected chi connectivity index (χ4v) is 3.84. The fraction of sp³-hybridized carbons (Fsp3) is 1.00. The van der Waals surface area contributed by atoms with Gasteiger partial charge in [0, 0.05) is 18.7 Å². The van der Waals surface area contributed by atoms with E-state index in [1.165, 1.54) is 32.1 Å². The van der Waals surface area contributed by atoms with Crippen molar-refractivity contribution in [1.29, 1.82) is 0 Å². The molecular weight excluding hydrogens is 222 g/mol. The van der Waals surface area contributed by atoms with Gasteiger partial charge in [0.1, 0.15) is 0 Å². The van der Waals surface area contributed by atoms with Crippen LogP contribution < -0.4 is 5.32 Å². The molecule has 0 spiro atoms. The minimum Gasteiger partial charge on any atom is -0.377 e. The molecule has 0 radical (unpaired) electrons. The van der Waals surface area contributed by atoms with Gasteiger partial charge in [-0.05, 0) is 50.4 Å². The summed E-state index contributed by atoms with van der Waals surface area (Å²) in [5, 5.41) is 3.90. The molecule has 0 bridgehead atoms. The summed E-state index contributed by atoms with van der Waals surface area (Å²) in [6.45, 7) is 10.4. The maximum Gasteiger partial charge on any atom is 0.0726 e. The standard InChI is InChI=1S/C16H31NO/c1-11(2)14-8-7-12(3)10-15(14)17-13(4)16-6-5-9-18-16/h11-17H,5-10H2,1-4H3. The number of hydrogen-bond acceptors (Lipinski definition) is 2. The molecule has 1 saturated heterocycles. The van der Waals surface area contributed by atoms with E-state index in [0.717, 1.165) is 24.4 Å². The molecule has 0 aromatic heterocycles. The van der Waals surface area contributed by atoms with Crippen LogP contribution in [0, 0.1) is 17.8 Å². The Labute approximate surface area is 113 Å². The molecule has 5 unspecified atom stereocenters. The number of rotatable bonds is 4. The van der Waals surface area contributed by atoms with E-state index in [-0.39, 0.29) is 0 Å². The van der Waals surface area contributed by atoms with Crippen LogP contribution in [-0.2, 0) is 4.74 Å². The van der Waals surface area contributed by atoms with Crippen molar-refractivity contribution in [2.45, 2.75) is 78.0 Å². The van der Waals surface area contributed by atoms with Crippen molar-refractivity contribution < 1.29 is 4.74 Å². The predicted molar refractivity (Wildman–Crippen MR) is 76.7 cm³/mol. The Balaban J connectivity index is 1.90. The highest BCUT2D eigenvalue weighted by molar-refractivity contribution is 4.89. The van der Waals surface area contributed by atoms with Crippen LogP contribution in [0.15, 0.2) is 0 Å². The molecule has 2 nitrogen and oxygen atoms in total. The van der Waals surface area contributed by atoms with Gasteiger partial charge < -0.3 is 10.1 Å². The molecule has 1 saturated carbocycles. The van der Waals surface area contributed by atoms with Gasteiger partial charge in [-0.3, -0.25) is 0 Å². The van der Waals surface area contributed by atoms with Crippen molar-refractivity contribution in [3.63, 3.8) is 0 Å². The molecular formula is C16H31NO. The zero-order valence-electron chi connectivity index (χ0n) is 12.6. The fourth-order valence-electron chi connectivity index (χ4n) is 3.84. The second kappa shape index (κ2) is 6.38. The highest BCUT2D eigenvalue weighted by Gasteiger charge is 2.33. The molecule has 1 aliphatic heterocycles. The Bertz CT molecular complexity index is 247. The topological polar surface area (TPSA) is 21.3 Å². The lowest BCUT2D eigenvalue weighted by atomic mass is 9.73. The van der Waals surface area contributed by atoms with Crippen LogP contribution in [0.5, 0.6) is 0 Å². The minimum absolute atomic E-state index is 0.454. The van der Waals surface area contributed by atoms with E-state index in [2.05, 4.69) is 33.0 Å². The van der Waals surface area contributed by atoms with Gasteiger partial charge in [-0.1, -0.05) is 27.2 Å². The van der Waals surface area contributed by atoms with Crippen LogP contribution in [0.4, 0.5) is 0 Å². The zero-order chi connectivity index (χ0) is 13.1. The molecule has 0 aromatic rings. The van der Waals surface area contributed by atoms with E-state index in [0.29, 0.717) is 18.2 Å². The van der Waals surface area contributed by atoms with E-state index in [1.54, 1.807) is 0 Å². The molecule has 0 amide bonds. The summed E-state index contributed by atoms with van der Waals surface area (Å²) >= 11 is 0. The van der Waals surface area contributed by atoms with E-state index < -0.39 is 0 Å². The van der Waals surface area contributed by atoms with Crippen LogP contribution in [0.1, 0.15) is 59.8 Å². The lowest BCUT2D eigenvalue weighted by molar-refractivity contribution is 0.0652. The van der Waals surface area contributed by atoms with Gasteiger partial charge in [0.15, 0.2) is 0 Å². The monoisotopic (exact) mass is 253 g/mol. The van der Waals surface area contributed by atoms with Gasteiger partial charge in [-0.15, -0.1) is 0 Å². The number of ether oxygens (including phenoxy) is 1. The molecule has 2 heteroatoms. The Morgan fingerprint density at radius 2 is 1.89 bits per heavy atom. The maximum absolute atomic E-state index is 5.82. The molecule has 0 aromatic carbocycles. The van der Waals surface area contributed by atoms with Gasteiger partial charge in [0.25, 0.3) is 0 Å². The van der Waals surface area contributed by atoms with Crippen LogP contribution >= 0.6 is 0 Å². The first-order valence-electron chi connectivity index (χ1n) is 7.95. The van der Waals surface area contributed by atoms with Crippen LogP contribution in [-0.4, -0.2) is 24.8 Å². The third-order valence-corrected chi connectivity index (χ3v) is 5.02. The molecule has 2 fully saturated rings. The average molecular weight is 253 g/mol. The summed E-state index contributed by atoms with van der Waals surface area (Å²) < 4.78 is 5.82. The van der Waals surface area contributed by atoms with E-state index >= 15 is 0 Å². The smallest absolute Gasteiger partial charge is 0.0726 e. The second-order valence-electron chi connectivity index (χ2n) is 6.94. The summed E-state index contributed by atoms with van der Waals surface area (Å²) in [5.41, 5.74) is 0. The lowest BCUT2D eigenvalue weighted by Gasteiger charge is -2.40. The normalized spacial score (nSPS) is 39.2. The molecule has 18 heavy (non-hydrogen) atoms. The Kier molecular flexibility index (Phi) is 5.08. The molecule has 1 N–H and O–H groups in total. The molecule has 106 valence electrons. The second-order valence-corrected chi connectivity index (χ2v) is 6.94. The van der Waals surface area contributed by atoms with Crippen LogP contribution in [0.2, 0.25) is 0 Å². The van der Waals surface area contributed by atoms with Crippen molar-refractivity contribution in [3.8, 4) is 0 Å². The summed E-state index contributed by atoms with van der Waals surface area (Å²) in [6.07, 6.45) is 7.09. The Hall–Kier alpha value is -0.0800. The summed E-state index contributed by atoms with van der Waals surface area (Å²) in [7, 11) is 0. The van der Waals surface area contributed by atoms with E-state index in [4.69, 9.17) is 4.74 Å². The van der Waals surface area contributed by atoms with Crippen molar-refractivity contribution in [3.05, 3.63) is 0 Å². The van der Waals surface area contributed by atoms with Crippen molar-refractivity contribution in [2.24, 2.45) is 17.8 Å². The first-order valence-corrected chi connectivity index (χ1v) is 7.95. The zero-order valence-corrected chi connectivity index (χ0v) is 12.6. The van der Waals surface area contributed by atoms with Gasteiger partial charge in [0.2, 0.25) is 0 Å². The third kappa shape index (κ3) is 3.48. The maximum atomic E-state index is 5.82. The highest BCUT2D eigenvalue weighted by atomic mass is 16.5. The number of nitrogens with one attached hydrogen (secondary N) is 1. The van der Waals surface area contributed by atoms with Crippen molar-refractivity contribution in [1.82, 2.24) is 5.32 Å². The van der Waals surface area contributed by atoms with Gasteiger partial charge in [-0.2, -0.15) is 0 Å². The molecule has 1 aliphatic carbocycles. The van der Waals surface area contributed by atoms with Crippen LogP contribution in [0.25, 0.3) is 0 Å². The van der Waals surface area contributed by atoms with Crippen molar-refractivity contribution >= 4 is 0 Å². The van der Waals surface area contributed by atoms with E-state index in [1.807, 2.05) is 0 Å². The number of hydrogen-bond donors (Lipinski definition) is 1. The molecule has 2 rings (SSSR count). The highest BCUT2D eigenvalue weighted by Crippen LogP contribution is 2.34. The van der Waals surface area contributed by atoms with Gasteiger partial charge in [-0.25, -0.2) is 0 Å². The van der Waals surface area contributed by atoms with E-state index in [9.17, 15) is 0 Å². The molecule has 5 atom stereocenters. The quantitative estimate of drug-likeness (QED) is 0.826. The average Bonchev–Trinajstić information content (AvgIpc) is 2.81. The summed E-state index contributed by atoms with van der Waals surface area (Å²) in [4.78, 5) is 0. The minimum atomic E-state index is 0.454. The Morgan fingerprint density at radius 1 is 1.11 bits per heavy atom. The summed E-state index contributed by atoms with van der Waals surface area (Å²) in [5.74, 6) is 2.53. The lowest BCUT2D eigenvalue weighted by Crippen LogP contribution is -2.50. The largest absolute Gasteiger partial charge is 0.377 e. The predicted octanol–water partition coefficient (Wildman–Crippen LogP) is 3.60. The van der Waals surface area contributed by atoms with Crippen LogP contribution in [0.3, 0.4) is 0 Å². The van der Waals surface area contributed by atoms with Crippen molar-refractivity contribution in [2.75, 3.05) is 6.61 Å². The molecule has 1 heterocycles. The first-order chi connectivity index (χ1) is 8.58. The first kappa shape index (κ1) is 14.3.